The third kappa shape index (κ3) is 2.59. The topological polar surface area (TPSA) is 55.5 Å². The van der Waals surface area contributed by atoms with Gasteiger partial charge in [-0.3, -0.25) is 0 Å². The lowest BCUT2D eigenvalue weighted by atomic mass is 9.65. The van der Waals surface area contributed by atoms with Gasteiger partial charge in [-0.1, -0.05) is 20.3 Å². The second kappa shape index (κ2) is 5.10. The van der Waals surface area contributed by atoms with Crippen molar-refractivity contribution in [1.29, 1.82) is 0 Å². The summed E-state index contributed by atoms with van der Waals surface area (Å²) in [6, 6.07) is 0. The molecule has 18 heavy (non-hydrogen) atoms. The van der Waals surface area contributed by atoms with Gasteiger partial charge < -0.3 is 15.6 Å². The molecule has 106 valence electrons. The first-order valence-electron chi connectivity index (χ1n) is 7.43. The summed E-state index contributed by atoms with van der Waals surface area (Å²) in [6.07, 6.45) is 7.20. The third-order valence-electron chi connectivity index (χ3n) is 5.36. The summed E-state index contributed by atoms with van der Waals surface area (Å²) in [5, 5.41) is 11.2. The summed E-state index contributed by atoms with van der Waals surface area (Å²) in [4.78, 5) is 0. The number of hydrogen-bond donors (Lipinski definition) is 2. The van der Waals surface area contributed by atoms with Gasteiger partial charge in [0, 0.05) is 18.6 Å². The van der Waals surface area contributed by atoms with Crippen LogP contribution in [0.25, 0.3) is 0 Å². The van der Waals surface area contributed by atoms with Gasteiger partial charge in [0.2, 0.25) is 0 Å². The summed E-state index contributed by atoms with van der Waals surface area (Å²) >= 11 is 0. The Balaban J connectivity index is 2.17. The highest BCUT2D eigenvalue weighted by atomic mass is 16.5. The molecule has 2 rings (SSSR count). The van der Waals surface area contributed by atoms with E-state index in [9.17, 15) is 5.11 Å². The molecule has 0 aromatic heterocycles. The summed E-state index contributed by atoms with van der Waals surface area (Å²) in [5.41, 5.74) is 5.57. The summed E-state index contributed by atoms with van der Waals surface area (Å²) < 4.78 is 5.65. The van der Waals surface area contributed by atoms with Gasteiger partial charge in [-0.25, -0.2) is 0 Å². The zero-order valence-electron chi connectivity index (χ0n) is 12.0. The second-order valence-electron chi connectivity index (χ2n) is 7.19. The molecule has 1 aliphatic carbocycles. The first-order chi connectivity index (χ1) is 8.43. The molecule has 2 fully saturated rings. The molecule has 2 aliphatic rings. The van der Waals surface area contributed by atoms with Crippen LogP contribution in [0.2, 0.25) is 0 Å². The Hall–Kier alpha value is -0.120. The van der Waals surface area contributed by atoms with E-state index < -0.39 is 5.60 Å². The van der Waals surface area contributed by atoms with Gasteiger partial charge in [-0.05, 0) is 43.9 Å². The van der Waals surface area contributed by atoms with Crippen molar-refractivity contribution in [1.82, 2.24) is 0 Å². The van der Waals surface area contributed by atoms with Crippen molar-refractivity contribution in [2.75, 3.05) is 19.8 Å². The zero-order valence-corrected chi connectivity index (χ0v) is 12.0. The van der Waals surface area contributed by atoms with Crippen LogP contribution in [0.4, 0.5) is 0 Å². The van der Waals surface area contributed by atoms with E-state index in [1.807, 2.05) is 0 Å². The highest BCUT2D eigenvalue weighted by Gasteiger charge is 2.51. The van der Waals surface area contributed by atoms with Gasteiger partial charge >= 0.3 is 0 Å². The van der Waals surface area contributed by atoms with Crippen LogP contribution in [0.3, 0.4) is 0 Å². The minimum absolute atomic E-state index is 0.203. The predicted molar refractivity (Wildman–Crippen MR) is 73.4 cm³/mol. The molecule has 0 spiro atoms. The van der Waals surface area contributed by atoms with Crippen LogP contribution in [-0.2, 0) is 4.74 Å². The van der Waals surface area contributed by atoms with Crippen molar-refractivity contribution >= 4 is 0 Å². The molecule has 1 saturated heterocycles. The standard InChI is InChI=1S/C15H29NO2/c1-13(2)5-3-7-15(17,9-8-13)14(11-16)6-4-10-18-12-14/h17H,3-12,16H2,1-2H3. The lowest BCUT2D eigenvalue weighted by molar-refractivity contribution is -0.151. The molecule has 2 unspecified atom stereocenters. The molecule has 1 aliphatic heterocycles. The van der Waals surface area contributed by atoms with Crippen molar-refractivity contribution in [3.8, 4) is 0 Å². The van der Waals surface area contributed by atoms with Gasteiger partial charge in [0.1, 0.15) is 0 Å². The first-order valence-corrected chi connectivity index (χ1v) is 7.43. The Morgan fingerprint density at radius 3 is 2.44 bits per heavy atom. The van der Waals surface area contributed by atoms with Crippen LogP contribution in [-0.4, -0.2) is 30.5 Å². The van der Waals surface area contributed by atoms with Crippen LogP contribution in [0.1, 0.15) is 58.8 Å². The van der Waals surface area contributed by atoms with Crippen molar-refractivity contribution in [3.63, 3.8) is 0 Å². The average molecular weight is 255 g/mol. The number of rotatable bonds is 2. The molecular weight excluding hydrogens is 226 g/mol. The van der Waals surface area contributed by atoms with E-state index in [4.69, 9.17) is 10.5 Å². The summed E-state index contributed by atoms with van der Waals surface area (Å²) in [6.45, 7) is 6.63. The van der Waals surface area contributed by atoms with E-state index in [0.717, 1.165) is 45.1 Å². The molecule has 3 nitrogen and oxygen atoms in total. The lowest BCUT2D eigenvalue weighted by Crippen LogP contribution is -2.56. The quantitative estimate of drug-likeness (QED) is 0.745. The van der Waals surface area contributed by atoms with E-state index in [1.54, 1.807) is 0 Å². The maximum Gasteiger partial charge on any atom is 0.0738 e. The maximum atomic E-state index is 11.2. The highest BCUT2D eigenvalue weighted by molar-refractivity contribution is 5.02. The number of hydrogen-bond acceptors (Lipinski definition) is 3. The Morgan fingerprint density at radius 1 is 1.06 bits per heavy atom. The predicted octanol–water partition coefficient (Wildman–Crippen LogP) is 2.46. The van der Waals surface area contributed by atoms with Crippen LogP contribution in [0.15, 0.2) is 0 Å². The van der Waals surface area contributed by atoms with Crippen LogP contribution < -0.4 is 5.73 Å². The van der Waals surface area contributed by atoms with E-state index in [2.05, 4.69) is 13.8 Å². The highest BCUT2D eigenvalue weighted by Crippen LogP contribution is 2.48. The molecule has 3 N–H and O–H groups in total. The number of aliphatic hydroxyl groups is 1. The van der Waals surface area contributed by atoms with Crippen molar-refractivity contribution in [2.45, 2.75) is 64.4 Å². The fraction of sp³-hybridized carbons (Fsp3) is 1.00. The summed E-state index contributed by atoms with van der Waals surface area (Å²) in [5.74, 6) is 0. The van der Waals surface area contributed by atoms with Crippen LogP contribution >= 0.6 is 0 Å². The van der Waals surface area contributed by atoms with E-state index in [1.165, 1.54) is 6.42 Å². The van der Waals surface area contributed by atoms with Crippen molar-refractivity contribution in [2.24, 2.45) is 16.6 Å². The van der Waals surface area contributed by atoms with E-state index >= 15 is 0 Å². The first kappa shape index (κ1) is 14.3. The van der Waals surface area contributed by atoms with Crippen LogP contribution in [0, 0.1) is 10.8 Å². The van der Waals surface area contributed by atoms with E-state index in [0.29, 0.717) is 18.6 Å². The summed E-state index contributed by atoms with van der Waals surface area (Å²) in [7, 11) is 0. The molecule has 1 heterocycles. The van der Waals surface area contributed by atoms with Gasteiger partial charge in [-0.2, -0.15) is 0 Å². The van der Waals surface area contributed by atoms with Crippen LogP contribution in [0.5, 0.6) is 0 Å². The molecule has 0 amide bonds. The van der Waals surface area contributed by atoms with Gasteiger partial charge in [0.15, 0.2) is 0 Å². The van der Waals surface area contributed by atoms with E-state index in [-0.39, 0.29) is 5.41 Å². The fourth-order valence-corrected chi connectivity index (χ4v) is 3.76. The van der Waals surface area contributed by atoms with Crippen molar-refractivity contribution in [3.05, 3.63) is 0 Å². The molecule has 3 heteroatoms. The second-order valence-corrected chi connectivity index (χ2v) is 7.19. The largest absolute Gasteiger partial charge is 0.389 e. The molecule has 0 aromatic carbocycles. The van der Waals surface area contributed by atoms with Crippen molar-refractivity contribution < 1.29 is 9.84 Å². The van der Waals surface area contributed by atoms with Gasteiger partial charge in [0.25, 0.3) is 0 Å². The van der Waals surface area contributed by atoms with Gasteiger partial charge in [-0.15, -0.1) is 0 Å². The normalized spacial score (nSPS) is 41.3. The minimum atomic E-state index is -0.615. The molecule has 2 atom stereocenters. The molecule has 0 bridgehead atoms. The SMILES string of the molecule is CC1(C)CCCC(O)(C2(CN)CCCOC2)CC1. The number of ether oxygens (including phenoxy) is 1. The number of nitrogens with two attached hydrogens (primary N) is 1. The molecular formula is C15H29NO2. The molecule has 0 radical (unpaired) electrons. The monoisotopic (exact) mass is 255 g/mol. The third-order valence-corrected chi connectivity index (χ3v) is 5.36. The minimum Gasteiger partial charge on any atom is -0.389 e. The Kier molecular flexibility index (Phi) is 4.05. The fourth-order valence-electron chi connectivity index (χ4n) is 3.76. The zero-order chi connectivity index (χ0) is 13.3. The Morgan fingerprint density at radius 2 is 1.83 bits per heavy atom. The smallest absolute Gasteiger partial charge is 0.0738 e. The Labute approximate surface area is 111 Å². The lowest BCUT2D eigenvalue weighted by Gasteiger charge is -2.49. The molecule has 1 saturated carbocycles. The Bertz CT molecular complexity index is 284. The maximum absolute atomic E-state index is 11.2. The van der Waals surface area contributed by atoms with Gasteiger partial charge in [0.05, 0.1) is 12.2 Å². The molecule has 0 aromatic rings. The average Bonchev–Trinajstić information content (AvgIpc) is 2.50.